The number of hydrogen-bond acceptors (Lipinski definition) is 7. The van der Waals surface area contributed by atoms with Gasteiger partial charge in [-0.15, -0.1) is 0 Å². The number of anilines is 2. The summed E-state index contributed by atoms with van der Waals surface area (Å²) in [5, 5.41) is 7.79. The zero-order valence-corrected chi connectivity index (χ0v) is 27.5. The number of piperazine rings is 1. The van der Waals surface area contributed by atoms with Gasteiger partial charge >= 0.3 is 0 Å². The highest BCUT2D eigenvalue weighted by Crippen LogP contribution is 2.42. The number of rotatable bonds is 7. The summed E-state index contributed by atoms with van der Waals surface area (Å²) in [5.41, 5.74) is 7.63. The summed E-state index contributed by atoms with van der Waals surface area (Å²) < 4.78 is 33.6. The normalized spacial score (nSPS) is 13.7. The Labute approximate surface area is 273 Å². The van der Waals surface area contributed by atoms with Crippen LogP contribution < -0.4 is 19.8 Å². The molecule has 0 saturated carbocycles. The molecule has 3 aromatic carbocycles. The first kappa shape index (κ1) is 30.5. The molecule has 1 fully saturated rings. The predicted molar refractivity (Wildman–Crippen MR) is 189 cm³/mol. The van der Waals surface area contributed by atoms with E-state index in [2.05, 4.69) is 32.7 Å². The van der Waals surface area contributed by atoms with Gasteiger partial charge in [0.25, 0.3) is 5.91 Å². The lowest BCUT2D eigenvalue weighted by Crippen LogP contribution is -2.43. The van der Waals surface area contributed by atoms with E-state index >= 15 is 0 Å². The molecule has 7 rings (SSSR count). The maximum Gasteiger partial charge on any atom is 0.255 e. The largest absolute Gasteiger partial charge is 0.455 e. The summed E-state index contributed by atoms with van der Waals surface area (Å²) in [7, 11) is -0.589. The molecule has 1 aliphatic rings. The molecule has 0 atom stereocenters. The van der Waals surface area contributed by atoms with Crippen molar-refractivity contribution >= 4 is 49.2 Å². The molecule has 11 heteroatoms. The van der Waals surface area contributed by atoms with Gasteiger partial charge in [0.1, 0.15) is 11.3 Å². The third-order valence-corrected chi connectivity index (χ3v) is 9.98. The first-order chi connectivity index (χ1) is 22.6. The number of carbonyl (C=O) groups excluding carboxylic acids is 1. The average Bonchev–Trinajstić information content (AvgIpc) is 3.69. The van der Waals surface area contributed by atoms with Crippen molar-refractivity contribution in [2.75, 3.05) is 55.7 Å². The molecule has 4 heterocycles. The monoisotopic (exact) mass is 648 g/mol. The van der Waals surface area contributed by atoms with Gasteiger partial charge in [-0.25, -0.2) is 13.4 Å². The lowest BCUT2D eigenvalue weighted by atomic mass is 10.00. The fourth-order valence-corrected chi connectivity index (χ4v) is 6.65. The predicted octanol–water partition coefficient (Wildman–Crippen LogP) is 5.78. The van der Waals surface area contributed by atoms with Crippen LogP contribution in [0.15, 0.2) is 83.3 Å². The van der Waals surface area contributed by atoms with Crippen LogP contribution in [-0.2, 0) is 10.0 Å². The highest BCUT2D eigenvalue weighted by atomic mass is 32.2. The quantitative estimate of drug-likeness (QED) is 0.200. The molecule has 3 aromatic heterocycles. The maximum atomic E-state index is 13.5. The molecule has 0 aliphatic carbocycles. The summed E-state index contributed by atoms with van der Waals surface area (Å²) >= 11 is 0. The molecule has 0 unspecified atom stereocenters. The molecule has 1 saturated heterocycles. The molecule has 1 aliphatic heterocycles. The third-order valence-electron chi connectivity index (χ3n) is 8.79. The first-order valence-corrected chi connectivity index (χ1v) is 17.4. The topological polar surface area (TPSA) is 124 Å². The van der Waals surface area contributed by atoms with E-state index in [1.807, 2.05) is 67.6 Å². The van der Waals surface area contributed by atoms with Gasteiger partial charge in [-0.05, 0) is 37.3 Å². The minimum absolute atomic E-state index is 0.309. The second kappa shape index (κ2) is 11.9. The smallest absolute Gasteiger partial charge is 0.255 e. The number of benzene rings is 3. The van der Waals surface area contributed by atoms with E-state index in [-0.39, 0.29) is 5.91 Å². The van der Waals surface area contributed by atoms with Gasteiger partial charge in [-0.3, -0.25) is 9.10 Å². The van der Waals surface area contributed by atoms with Gasteiger partial charge in [0, 0.05) is 79.4 Å². The molecule has 1 amide bonds. The number of pyridine rings is 1. The van der Waals surface area contributed by atoms with Crippen molar-refractivity contribution in [2.45, 2.75) is 6.92 Å². The van der Waals surface area contributed by atoms with E-state index in [0.29, 0.717) is 39.2 Å². The molecule has 0 radical (unpaired) electrons. The van der Waals surface area contributed by atoms with Crippen molar-refractivity contribution in [1.82, 2.24) is 20.6 Å². The zero-order valence-electron chi connectivity index (χ0n) is 26.7. The lowest BCUT2D eigenvalue weighted by Gasteiger charge is -2.30. The number of H-pyrrole nitrogens is 1. The third kappa shape index (κ3) is 5.72. The van der Waals surface area contributed by atoms with Crippen molar-refractivity contribution in [3.05, 3.63) is 90.0 Å². The standard InChI is InChI=1S/C36H36N6O4S/c1-22-9-11-23(12-10-22)35-34(36(43)37-2)27-20-26(32(21-33(27)46-35)41(3)47(4,44)45)29-18-25(42-15-13-38-14-16-42)19-31(40-29)30-17-24-7-5-6-8-28(24)39-30/h5-12,17-21,38-39H,13-16H2,1-4H3,(H,37,43). The van der Waals surface area contributed by atoms with Crippen molar-refractivity contribution in [3.63, 3.8) is 0 Å². The van der Waals surface area contributed by atoms with Gasteiger partial charge in [0.2, 0.25) is 10.0 Å². The number of nitrogens with one attached hydrogen (secondary N) is 3. The van der Waals surface area contributed by atoms with Crippen LogP contribution in [0.4, 0.5) is 11.4 Å². The molecule has 6 aromatic rings. The number of fused-ring (bicyclic) bond motifs is 2. The number of carbonyl (C=O) groups is 1. The van der Waals surface area contributed by atoms with Crippen molar-refractivity contribution in [3.8, 4) is 34.0 Å². The number of aryl methyl sites for hydroxylation is 1. The Balaban J connectivity index is 1.51. The Morgan fingerprint density at radius 2 is 1.70 bits per heavy atom. The van der Waals surface area contributed by atoms with Crippen LogP contribution in [-0.4, -0.2) is 70.8 Å². The highest BCUT2D eigenvalue weighted by Gasteiger charge is 2.27. The van der Waals surface area contributed by atoms with Gasteiger partial charge in [0.15, 0.2) is 0 Å². The Kier molecular flexibility index (Phi) is 7.73. The first-order valence-electron chi connectivity index (χ1n) is 15.5. The Bertz CT molecular complexity index is 2220. The Morgan fingerprint density at radius 3 is 2.40 bits per heavy atom. The second-order valence-corrected chi connectivity index (χ2v) is 14.0. The van der Waals surface area contributed by atoms with E-state index in [4.69, 9.17) is 9.40 Å². The minimum Gasteiger partial charge on any atom is -0.455 e. The van der Waals surface area contributed by atoms with Crippen LogP contribution in [0.2, 0.25) is 0 Å². The molecular formula is C36H36N6O4S. The van der Waals surface area contributed by atoms with Crippen molar-refractivity contribution < 1.29 is 17.6 Å². The summed E-state index contributed by atoms with van der Waals surface area (Å²) in [6, 6.07) is 25.5. The van der Waals surface area contributed by atoms with Gasteiger partial charge < -0.3 is 24.9 Å². The zero-order chi connectivity index (χ0) is 32.9. The average molecular weight is 649 g/mol. The number of sulfonamides is 1. The summed E-state index contributed by atoms with van der Waals surface area (Å²) in [6.45, 7) is 5.31. The number of aromatic nitrogens is 2. The maximum absolute atomic E-state index is 13.5. The van der Waals surface area contributed by atoms with Crippen LogP contribution in [0.3, 0.4) is 0 Å². The Hall–Kier alpha value is -5.13. The molecule has 0 bridgehead atoms. The van der Waals surface area contributed by atoms with Crippen LogP contribution in [0.25, 0.3) is 55.8 Å². The van der Waals surface area contributed by atoms with Gasteiger partial charge in [0.05, 0.1) is 34.6 Å². The minimum atomic E-state index is -3.69. The summed E-state index contributed by atoms with van der Waals surface area (Å²) in [6.07, 6.45) is 1.16. The van der Waals surface area contributed by atoms with Crippen molar-refractivity contribution in [2.24, 2.45) is 0 Å². The number of nitrogens with zero attached hydrogens (tertiary/aromatic N) is 3. The molecule has 10 nitrogen and oxygen atoms in total. The van der Waals surface area contributed by atoms with E-state index in [0.717, 1.165) is 71.5 Å². The second-order valence-electron chi connectivity index (χ2n) is 12.0. The number of para-hydroxylation sites is 1. The number of hydrogen-bond donors (Lipinski definition) is 3. The van der Waals surface area contributed by atoms with Crippen molar-refractivity contribution in [1.29, 1.82) is 0 Å². The van der Waals surface area contributed by atoms with E-state index in [1.54, 1.807) is 13.1 Å². The van der Waals surface area contributed by atoms with Crippen LogP contribution in [0.1, 0.15) is 15.9 Å². The van der Waals surface area contributed by atoms with Crippen LogP contribution in [0, 0.1) is 6.92 Å². The molecule has 240 valence electrons. The Morgan fingerprint density at radius 1 is 0.979 bits per heavy atom. The highest BCUT2D eigenvalue weighted by molar-refractivity contribution is 7.92. The number of aromatic amines is 1. The molecule has 0 spiro atoms. The number of amides is 1. The van der Waals surface area contributed by atoms with Gasteiger partial charge in [-0.1, -0.05) is 48.0 Å². The van der Waals surface area contributed by atoms with Crippen LogP contribution in [0.5, 0.6) is 0 Å². The van der Waals surface area contributed by atoms with Gasteiger partial charge in [-0.2, -0.15) is 0 Å². The van der Waals surface area contributed by atoms with E-state index in [9.17, 15) is 13.2 Å². The summed E-state index contributed by atoms with van der Waals surface area (Å²) in [5.74, 6) is 0.0986. The number of furan rings is 1. The van der Waals surface area contributed by atoms with Crippen LogP contribution >= 0.6 is 0 Å². The fourth-order valence-electron chi connectivity index (χ4n) is 6.14. The molecular weight excluding hydrogens is 613 g/mol. The summed E-state index contributed by atoms with van der Waals surface area (Å²) in [4.78, 5) is 24.4. The lowest BCUT2D eigenvalue weighted by molar-refractivity contribution is 0.0964. The SMILES string of the molecule is CNC(=O)c1c(-c2ccc(C)cc2)oc2cc(N(C)S(C)(=O)=O)c(-c3cc(N4CCNCC4)cc(-c4cc5ccccc5[nH]4)n3)cc12. The van der Waals surface area contributed by atoms with E-state index in [1.165, 1.54) is 11.4 Å². The molecule has 3 N–H and O–H groups in total. The van der Waals surface area contributed by atoms with E-state index < -0.39 is 10.0 Å². The molecule has 47 heavy (non-hydrogen) atoms. The fraction of sp³-hybridized carbons (Fsp3) is 0.222.